The summed E-state index contributed by atoms with van der Waals surface area (Å²) in [5, 5.41) is 0.560. The molecule has 0 spiro atoms. The summed E-state index contributed by atoms with van der Waals surface area (Å²) in [7, 11) is 0. The molecule has 0 bridgehead atoms. The van der Waals surface area contributed by atoms with Crippen LogP contribution in [0.25, 0.3) is 44.5 Å². The number of hydrogen-bond donors (Lipinski definition) is 1. The number of aromatic amines is 1. The zero-order chi connectivity index (χ0) is 21.0. The molecule has 0 aliphatic heterocycles. The normalized spacial score (nSPS) is 15.3. The number of benzene rings is 3. The van der Waals surface area contributed by atoms with Gasteiger partial charge in [0, 0.05) is 0 Å². The van der Waals surface area contributed by atoms with Gasteiger partial charge in [-0.2, -0.15) is 0 Å². The van der Waals surface area contributed by atoms with E-state index < -0.39 is 0 Å². The summed E-state index contributed by atoms with van der Waals surface area (Å²) in [5.74, 6) is 0.590. The number of H-pyrrole nitrogens is 1. The molecule has 1 N–H and O–H groups in total. The zero-order valence-electron chi connectivity index (χ0n) is 16.9. The van der Waals surface area contributed by atoms with Gasteiger partial charge in [-0.15, -0.1) is 0 Å². The van der Waals surface area contributed by atoms with E-state index in [0.29, 0.717) is 26.5 Å². The van der Waals surface area contributed by atoms with Crippen molar-refractivity contribution in [2.24, 2.45) is 0 Å². The van der Waals surface area contributed by atoms with E-state index in [2.05, 4.69) is 34.2 Å². The van der Waals surface area contributed by atoms with Crippen LogP contribution in [0, 0.1) is 0 Å². The minimum atomic E-state index is -0.0246. The van der Waals surface area contributed by atoms with Gasteiger partial charge in [-0.1, -0.05) is 0 Å². The van der Waals surface area contributed by atoms with Crippen molar-refractivity contribution in [1.82, 2.24) is 9.97 Å². The Morgan fingerprint density at radius 2 is 1.71 bits per heavy atom. The van der Waals surface area contributed by atoms with Crippen LogP contribution in [0.4, 0.5) is 0 Å². The Morgan fingerprint density at radius 3 is 2.42 bits per heavy atom. The summed E-state index contributed by atoms with van der Waals surface area (Å²) in [4.78, 5) is 21.2. The third-order valence-corrected chi connectivity index (χ3v) is 8.39. The molecule has 0 saturated heterocycles. The van der Waals surface area contributed by atoms with E-state index in [1.165, 1.54) is 24.8 Å². The quantitative estimate of drug-likeness (QED) is 0.379. The first-order valence-electron chi connectivity index (χ1n) is 10.5. The summed E-state index contributed by atoms with van der Waals surface area (Å²) in [6.07, 6.45) is 5.43. The van der Waals surface area contributed by atoms with Crippen molar-refractivity contribution in [3.63, 3.8) is 0 Å². The average Bonchev–Trinajstić information content (AvgIpc) is 3.27. The fourth-order valence-electron chi connectivity index (χ4n) is 4.53. The van der Waals surface area contributed by atoms with E-state index in [9.17, 15) is 4.79 Å². The predicted molar refractivity (Wildman–Crippen MR) is 127 cm³/mol. The zero-order valence-corrected chi connectivity index (χ0v) is 19.3. The third kappa shape index (κ3) is 2.89. The van der Waals surface area contributed by atoms with Crippen molar-refractivity contribution in [2.75, 3.05) is 0 Å². The van der Waals surface area contributed by atoms with Crippen LogP contribution < -0.4 is 5.43 Å². The van der Waals surface area contributed by atoms with E-state index in [-0.39, 0.29) is 5.43 Å². The van der Waals surface area contributed by atoms with Crippen molar-refractivity contribution in [3.8, 4) is 22.5 Å². The van der Waals surface area contributed by atoms with E-state index in [1.807, 2.05) is 42.5 Å². The summed E-state index contributed by atoms with van der Waals surface area (Å²) >= 11 is 1.80. The number of aromatic nitrogens is 2. The van der Waals surface area contributed by atoms with Gasteiger partial charge in [-0.3, -0.25) is 0 Å². The van der Waals surface area contributed by atoms with Gasteiger partial charge >= 0.3 is 188 Å². The first-order chi connectivity index (χ1) is 15.1. The number of imidazole rings is 1. The summed E-state index contributed by atoms with van der Waals surface area (Å²) in [6.45, 7) is 0. The minimum absolute atomic E-state index is 0.0246. The van der Waals surface area contributed by atoms with Gasteiger partial charge in [-0.25, -0.2) is 0 Å². The number of nitrogens with one attached hydrogen (secondary N) is 1. The van der Waals surface area contributed by atoms with Crippen LogP contribution in [-0.2, 0) is 4.20 Å². The Balaban J connectivity index is 1.63. The number of nitrogens with zero attached hydrogens (tertiary/aromatic N) is 1. The predicted octanol–water partition coefficient (Wildman–Crippen LogP) is 5.02. The molecule has 5 aromatic rings. The molecule has 2 heterocycles. The third-order valence-electron chi connectivity index (χ3n) is 6.48. The summed E-state index contributed by atoms with van der Waals surface area (Å²) in [5.41, 5.74) is 5.79. The Bertz CT molecular complexity index is 1480. The van der Waals surface area contributed by atoms with Crippen molar-refractivity contribution < 1.29 is 4.42 Å². The van der Waals surface area contributed by atoms with Gasteiger partial charge in [0.25, 0.3) is 0 Å². The molecule has 152 valence electrons. The molecule has 31 heavy (non-hydrogen) atoms. The van der Waals surface area contributed by atoms with Gasteiger partial charge in [-0.05, 0) is 0 Å². The van der Waals surface area contributed by atoms with Gasteiger partial charge in [0.2, 0.25) is 0 Å². The second-order valence-corrected chi connectivity index (χ2v) is 10.6. The van der Waals surface area contributed by atoms with Crippen LogP contribution in [0.15, 0.2) is 82.3 Å². The van der Waals surface area contributed by atoms with E-state index in [4.69, 9.17) is 4.42 Å². The van der Waals surface area contributed by atoms with E-state index in [0.717, 1.165) is 22.2 Å². The molecular formula is C26H21AsN2O2. The first kappa shape index (κ1) is 18.7. The van der Waals surface area contributed by atoms with Gasteiger partial charge < -0.3 is 0 Å². The average molecular weight is 468 g/mol. The Hall–Kier alpha value is -3.10. The van der Waals surface area contributed by atoms with Crippen molar-refractivity contribution >= 4 is 38.9 Å². The fraction of sp³-hybridized carbons (Fsp3) is 0.154. The second kappa shape index (κ2) is 6.96. The molecule has 1 unspecified atom stereocenters. The molecule has 1 aliphatic rings. The molecule has 0 amide bonds. The van der Waals surface area contributed by atoms with Crippen molar-refractivity contribution in [1.29, 1.82) is 0 Å². The molecule has 1 saturated carbocycles. The number of hydrogen-bond acceptors (Lipinski definition) is 3. The van der Waals surface area contributed by atoms with Gasteiger partial charge in [0.1, 0.15) is 0 Å². The van der Waals surface area contributed by atoms with Crippen LogP contribution in [0.3, 0.4) is 0 Å². The topological polar surface area (TPSA) is 58.9 Å². The molecule has 6 rings (SSSR count). The molecule has 0 radical (unpaired) electrons. The maximum absolute atomic E-state index is 13.7. The number of rotatable bonds is 3. The molecule has 2 aromatic heterocycles. The van der Waals surface area contributed by atoms with E-state index >= 15 is 0 Å². The van der Waals surface area contributed by atoms with Crippen LogP contribution in [-0.4, -0.2) is 26.8 Å². The first-order valence-corrected chi connectivity index (χ1v) is 11.7. The second-order valence-electron chi connectivity index (χ2n) is 8.33. The van der Waals surface area contributed by atoms with Crippen LogP contribution in [0.5, 0.6) is 0 Å². The summed E-state index contributed by atoms with van der Waals surface area (Å²) < 4.78 is 6.77. The molecule has 4 nitrogen and oxygen atoms in total. The SMILES string of the molecule is O=c1c(-c2ccc(C3([AsH2])CCC3)cc2)c(-c2ccccc2)oc2c1ccc1nc[nH]c12. The monoisotopic (exact) mass is 468 g/mol. The van der Waals surface area contributed by atoms with Gasteiger partial charge in [0.05, 0.1) is 0 Å². The van der Waals surface area contributed by atoms with Crippen LogP contribution in [0.1, 0.15) is 24.8 Å². The van der Waals surface area contributed by atoms with Crippen LogP contribution in [0.2, 0.25) is 0 Å². The molecule has 1 aliphatic carbocycles. The number of fused-ring (bicyclic) bond motifs is 3. The maximum atomic E-state index is 13.7. The Morgan fingerprint density at radius 1 is 0.935 bits per heavy atom. The molecule has 3 aromatic carbocycles. The standard InChI is InChI=1S/C26H21AsN2O2/c27-26(13-4-14-26)18-9-7-16(8-10-18)21-23(30)19-11-12-20-22(29-15-28-20)25(19)31-24(21)17-5-2-1-3-6-17/h1-3,5-12,15H,4,13-14,27H2,(H,28,29). The fourth-order valence-corrected chi connectivity index (χ4v) is 5.79. The molecule has 1 atom stereocenters. The van der Waals surface area contributed by atoms with Crippen LogP contribution >= 0.6 is 0 Å². The molecular weight excluding hydrogens is 447 g/mol. The Kier molecular flexibility index (Phi) is 4.19. The van der Waals surface area contributed by atoms with Gasteiger partial charge in [0.15, 0.2) is 0 Å². The summed E-state index contributed by atoms with van der Waals surface area (Å²) in [6, 6.07) is 22.0. The molecule has 1 fully saturated rings. The Labute approximate surface area is 187 Å². The van der Waals surface area contributed by atoms with E-state index in [1.54, 1.807) is 23.2 Å². The van der Waals surface area contributed by atoms with Crippen molar-refractivity contribution in [2.45, 2.75) is 23.5 Å². The van der Waals surface area contributed by atoms with Crippen molar-refractivity contribution in [3.05, 3.63) is 88.8 Å². The molecule has 5 heteroatoms.